The average Bonchev–Trinajstić information content (AvgIpc) is 3.09. The zero-order valence-electron chi connectivity index (χ0n) is 15.8. The van der Waals surface area contributed by atoms with Crippen molar-refractivity contribution >= 4 is 44.8 Å². The molecule has 152 valence electrons. The SMILES string of the molecule is O=c1[nH]c2sc3c(c2c(=O)n1-c1ccc(Cl)c(Cl)c1)CCN(Cc1ccccc1)C3. The minimum atomic E-state index is -0.481. The van der Waals surface area contributed by atoms with E-state index in [0.29, 0.717) is 25.9 Å². The number of aromatic amines is 1. The normalized spacial score (nSPS) is 14.2. The van der Waals surface area contributed by atoms with Crippen LogP contribution in [0.5, 0.6) is 0 Å². The van der Waals surface area contributed by atoms with Gasteiger partial charge in [-0.25, -0.2) is 9.36 Å². The van der Waals surface area contributed by atoms with Gasteiger partial charge in [0.05, 0.1) is 21.1 Å². The minimum absolute atomic E-state index is 0.296. The van der Waals surface area contributed by atoms with Gasteiger partial charge in [-0.05, 0) is 35.7 Å². The standard InChI is InChI=1S/C22H17Cl2N3O2S/c23-16-7-6-14(10-17(16)24)27-21(28)19-15-8-9-26(11-13-4-2-1-3-5-13)12-18(15)30-20(19)25-22(27)29/h1-7,10H,8-9,11-12H2,(H,25,29). The van der Waals surface area contributed by atoms with Gasteiger partial charge in [0.2, 0.25) is 0 Å². The molecule has 2 aromatic carbocycles. The predicted molar refractivity (Wildman–Crippen MR) is 122 cm³/mol. The Labute approximate surface area is 186 Å². The van der Waals surface area contributed by atoms with E-state index in [1.165, 1.54) is 23.0 Å². The Kier molecular flexibility index (Phi) is 5.03. The van der Waals surface area contributed by atoms with Gasteiger partial charge in [-0.1, -0.05) is 53.5 Å². The van der Waals surface area contributed by atoms with Crippen molar-refractivity contribution in [1.29, 1.82) is 0 Å². The van der Waals surface area contributed by atoms with Crippen LogP contribution in [0, 0.1) is 0 Å². The molecule has 0 aliphatic carbocycles. The topological polar surface area (TPSA) is 58.1 Å². The third kappa shape index (κ3) is 3.40. The first-order chi connectivity index (χ1) is 14.5. The molecule has 0 atom stereocenters. The van der Waals surface area contributed by atoms with Crippen LogP contribution in [0.15, 0.2) is 58.1 Å². The van der Waals surface area contributed by atoms with Crippen LogP contribution in [0.3, 0.4) is 0 Å². The number of H-pyrrole nitrogens is 1. The number of halogens is 2. The first kappa shape index (κ1) is 19.6. The van der Waals surface area contributed by atoms with Crippen LogP contribution in [-0.4, -0.2) is 21.0 Å². The monoisotopic (exact) mass is 457 g/mol. The molecule has 1 aliphatic rings. The Morgan fingerprint density at radius 2 is 1.83 bits per heavy atom. The van der Waals surface area contributed by atoms with E-state index in [4.69, 9.17) is 23.2 Å². The second-order valence-electron chi connectivity index (χ2n) is 7.32. The fourth-order valence-corrected chi connectivity index (χ4v) is 5.53. The number of hydrogen-bond donors (Lipinski definition) is 1. The molecule has 5 rings (SSSR count). The first-order valence-corrected chi connectivity index (χ1v) is 11.1. The molecule has 1 N–H and O–H groups in total. The minimum Gasteiger partial charge on any atom is -0.298 e. The van der Waals surface area contributed by atoms with E-state index in [0.717, 1.165) is 41.1 Å². The average molecular weight is 458 g/mol. The number of nitrogens with zero attached hydrogens (tertiary/aromatic N) is 2. The Bertz CT molecular complexity index is 1380. The molecule has 0 bridgehead atoms. The van der Waals surface area contributed by atoms with Crippen LogP contribution in [0.2, 0.25) is 10.0 Å². The lowest BCUT2D eigenvalue weighted by Gasteiger charge is -2.26. The summed E-state index contributed by atoms with van der Waals surface area (Å²) in [6.07, 6.45) is 0.769. The summed E-state index contributed by atoms with van der Waals surface area (Å²) in [5.41, 5.74) is 1.90. The molecule has 2 aromatic heterocycles. The van der Waals surface area contributed by atoms with Crippen molar-refractivity contribution in [3.05, 3.63) is 95.4 Å². The Balaban J connectivity index is 1.56. The highest BCUT2D eigenvalue weighted by Crippen LogP contribution is 2.32. The maximum Gasteiger partial charge on any atom is 0.334 e. The van der Waals surface area contributed by atoms with Crippen molar-refractivity contribution in [1.82, 2.24) is 14.5 Å². The van der Waals surface area contributed by atoms with Crippen molar-refractivity contribution in [2.45, 2.75) is 19.5 Å². The number of nitrogens with one attached hydrogen (secondary N) is 1. The van der Waals surface area contributed by atoms with Crippen LogP contribution >= 0.6 is 34.5 Å². The van der Waals surface area contributed by atoms with Crippen molar-refractivity contribution in [3.63, 3.8) is 0 Å². The van der Waals surface area contributed by atoms with Crippen molar-refractivity contribution < 1.29 is 0 Å². The van der Waals surface area contributed by atoms with E-state index < -0.39 is 5.69 Å². The van der Waals surface area contributed by atoms with Gasteiger partial charge in [-0.3, -0.25) is 14.7 Å². The predicted octanol–water partition coefficient (Wildman–Crippen LogP) is 4.61. The summed E-state index contributed by atoms with van der Waals surface area (Å²) < 4.78 is 1.13. The van der Waals surface area contributed by atoms with Gasteiger partial charge in [0.15, 0.2) is 0 Å². The molecule has 4 aromatic rings. The molecule has 0 radical (unpaired) electrons. The van der Waals surface area contributed by atoms with Crippen molar-refractivity contribution in [3.8, 4) is 5.69 Å². The highest BCUT2D eigenvalue weighted by atomic mass is 35.5. The summed E-state index contributed by atoms with van der Waals surface area (Å²) in [6, 6.07) is 15.1. The number of thiophene rings is 1. The first-order valence-electron chi connectivity index (χ1n) is 9.52. The molecule has 0 amide bonds. The lowest BCUT2D eigenvalue weighted by atomic mass is 10.0. The molecule has 1 aliphatic heterocycles. The van der Waals surface area contributed by atoms with Gasteiger partial charge in [-0.2, -0.15) is 0 Å². The molecule has 0 saturated carbocycles. The van der Waals surface area contributed by atoms with Crippen LogP contribution < -0.4 is 11.2 Å². The van der Waals surface area contributed by atoms with Crippen LogP contribution in [0.1, 0.15) is 16.0 Å². The van der Waals surface area contributed by atoms with E-state index in [-0.39, 0.29) is 5.56 Å². The van der Waals surface area contributed by atoms with Gasteiger partial charge in [0.1, 0.15) is 4.83 Å². The largest absolute Gasteiger partial charge is 0.334 e. The maximum absolute atomic E-state index is 13.3. The summed E-state index contributed by atoms with van der Waals surface area (Å²) in [6.45, 7) is 2.48. The van der Waals surface area contributed by atoms with E-state index in [9.17, 15) is 9.59 Å². The number of rotatable bonds is 3. The zero-order chi connectivity index (χ0) is 20.8. The summed E-state index contributed by atoms with van der Waals surface area (Å²) in [7, 11) is 0. The van der Waals surface area contributed by atoms with E-state index in [2.05, 4.69) is 22.0 Å². The summed E-state index contributed by atoms with van der Waals surface area (Å²) >= 11 is 13.6. The summed E-state index contributed by atoms with van der Waals surface area (Å²) in [5, 5.41) is 1.27. The van der Waals surface area contributed by atoms with Crippen LogP contribution in [0.25, 0.3) is 15.9 Å². The number of fused-ring (bicyclic) bond motifs is 3. The lowest BCUT2D eigenvalue weighted by molar-refractivity contribution is 0.249. The summed E-state index contributed by atoms with van der Waals surface area (Å²) in [5.74, 6) is 0. The fraction of sp³-hybridized carbons (Fsp3) is 0.182. The maximum atomic E-state index is 13.3. The third-order valence-electron chi connectivity index (χ3n) is 5.39. The molecule has 0 spiro atoms. The molecular weight excluding hydrogens is 441 g/mol. The Morgan fingerprint density at radius 1 is 1.03 bits per heavy atom. The number of hydrogen-bond acceptors (Lipinski definition) is 4. The molecule has 0 unspecified atom stereocenters. The molecule has 3 heterocycles. The highest BCUT2D eigenvalue weighted by molar-refractivity contribution is 7.18. The molecule has 30 heavy (non-hydrogen) atoms. The van der Waals surface area contributed by atoms with Crippen LogP contribution in [0.4, 0.5) is 0 Å². The van der Waals surface area contributed by atoms with Gasteiger partial charge >= 0.3 is 5.69 Å². The Morgan fingerprint density at radius 3 is 2.60 bits per heavy atom. The Hall–Kier alpha value is -2.38. The molecule has 0 saturated heterocycles. The summed E-state index contributed by atoms with van der Waals surface area (Å²) in [4.78, 5) is 33.0. The van der Waals surface area contributed by atoms with Crippen molar-refractivity contribution in [2.24, 2.45) is 0 Å². The second-order valence-corrected chi connectivity index (χ2v) is 9.24. The molecular formula is C22H17Cl2N3O2S. The molecule has 8 heteroatoms. The van der Waals surface area contributed by atoms with Gasteiger partial charge in [0, 0.05) is 24.5 Å². The zero-order valence-corrected chi connectivity index (χ0v) is 18.2. The molecule has 5 nitrogen and oxygen atoms in total. The smallest absolute Gasteiger partial charge is 0.298 e. The van der Waals surface area contributed by atoms with Gasteiger partial charge in [-0.15, -0.1) is 11.3 Å². The van der Waals surface area contributed by atoms with Gasteiger partial charge < -0.3 is 0 Å². The van der Waals surface area contributed by atoms with E-state index in [1.54, 1.807) is 12.1 Å². The molecule has 0 fully saturated rings. The lowest BCUT2D eigenvalue weighted by Crippen LogP contribution is -2.34. The third-order valence-corrected chi connectivity index (χ3v) is 7.26. The van der Waals surface area contributed by atoms with Crippen molar-refractivity contribution in [2.75, 3.05) is 6.54 Å². The van der Waals surface area contributed by atoms with Gasteiger partial charge in [0.25, 0.3) is 5.56 Å². The number of benzene rings is 2. The quantitative estimate of drug-likeness (QED) is 0.488. The second kappa shape index (κ2) is 7.71. The van der Waals surface area contributed by atoms with E-state index >= 15 is 0 Å². The highest BCUT2D eigenvalue weighted by Gasteiger charge is 2.24. The van der Waals surface area contributed by atoms with Crippen LogP contribution in [-0.2, 0) is 19.5 Å². The fourth-order valence-electron chi connectivity index (χ4n) is 3.96. The number of aromatic nitrogens is 2. The van der Waals surface area contributed by atoms with E-state index in [1.807, 2.05) is 18.2 Å².